The zero-order valence-corrected chi connectivity index (χ0v) is 14.2. The highest BCUT2D eigenvalue weighted by Crippen LogP contribution is 2.30. The molecule has 0 atom stereocenters. The standard InChI is InChI=1S/C15H19F3N2O3S/c1-4-20(10-11(2)3)14(21)9-19-24(22,23)13-7-5-6-12(8-13)15(16,17)18/h5-8,19H,2,4,9-10H2,1,3H3. The summed E-state index contributed by atoms with van der Waals surface area (Å²) in [6, 6.07) is 3.33. The van der Waals surface area contributed by atoms with Crippen LogP contribution in [0.1, 0.15) is 19.4 Å². The number of nitrogens with one attached hydrogen (secondary N) is 1. The lowest BCUT2D eigenvalue weighted by Gasteiger charge is -2.21. The van der Waals surface area contributed by atoms with E-state index < -0.39 is 39.1 Å². The largest absolute Gasteiger partial charge is 0.416 e. The quantitative estimate of drug-likeness (QED) is 0.756. The molecule has 134 valence electrons. The average molecular weight is 364 g/mol. The number of sulfonamides is 1. The molecule has 24 heavy (non-hydrogen) atoms. The van der Waals surface area contributed by atoms with Crippen LogP contribution in [0.5, 0.6) is 0 Å². The number of alkyl halides is 3. The Balaban J connectivity index is 2.87. The van der Waals surface area contributed by atoms with Crippen molar-refractivity contribution in [1.29, 1.82) is 0 Å². The average Bonchev–Trinajstić information content (AvgIpc) is 2.49. The molecular weight excluding hydrogens is 345 g/mol. The van der Waals surface area contributed by atoms with E-state index in [0.717, 1.165) is 23.8 Å². The summed E-state index contributed by atoms with van der Waals surface area (Å²) >= 11 is 0. The van der Waals surface area contributed by atoms with Crippen molar-refractivity contribution in [2.75, 3.05) is 19.6 Å². The van der Waals surface area contributed by atoms with Crippen LogP contribution in [-0.4, -0.2) is 38.9 Å². The monoisotopic (exact) mass is 364 g/mol. The third-order valence-electron chi connectivity index (χ3n) is 3.08. The topological polar surface area (TPSA) is 66.5 Å². The molecule has 0 bridgehead atoms. The van der Waals surface area contributed by atoms with Gasteiger partial charge in [-0.25, -0.2) is 13.1 Å². The number of nitrogens with zero attached hydrogens (tertiary/aromatic N) is 1. The van der Waals surface area contributed by atoms with Crippen molar-refractivity contribution < 1.29 is 26.4 Å². The Kier molecular flexibility index (Phi) is 6.56. The number of carbonyl (C=O) groups excluding carboxylic acids is 1. The maximum absolute atomic E-state index is 12.7. The van der Waals surface area contributed by atoms with Crippen LogP contribution >= 0.6 is 0 Å². The van der Waals surface area contributed by atoms with E-state index in [1.807, 2.05) is 4.72 Å². The van der Waals surface area contributed by atoms with Gasteiger partial charge in [0.15, 0.2) is 0 Å². The number of benzene rings is 1. The molecule has 0 unspecified atom stereocenters. The summed E-state index contributed by atoms with van der Waals surface area (Å²) in [6.45, 7) is 7.22. The van der Waals surface area contributed by atoms with Gasteiger partial charge in [-0.15, -0.1) is 0 Å². The van der Waals surface area contributed by atoms with Crippen molar-refractivity contribution in [3.05, 3.63) is 42.0 Å². The van der Waals surface area contributed by atoms with Gasteiger partial charge in [0, 0.05) is 13.1 Å². The first kappa shape index (κ1) is 20.2. The van der Waals surface area contributed by atoms with Crippen LogP contribution in [0.4, 0.5) is 13.2 Å². The van der Waals surface area contributed by atoms with Crippen LogP contribution < -0.4 is 4.72 Å². The third kappa shape index (κ3) is 5.64. The summed E-state index contributed by atoms with van der Waals surface area (Å²) in [5, 5.41) is 0. The van der Waals surface area contributed by atoms with Gasteiger partial charge >= 0.3 is 6.18 Å². The van der Waals surface area contributed by atoms with E-state index in [4.69, 9.17) is 0 Å². The molecule has 5 nitrogen and oxygen atoms in total. The molecule has 0 spiro atoms. The lowest BCUT2D eigenvalue weighted by atomic mass is 10.2. The van der Waals surface area contributed by atoms with Crippen LogP contribution in [0.15, 0.2) is 41.3 Å². The molecule has 0 aliphatic carbocycles. The van der Waals surface area contributed by atoms with Crippen molar-refractivity contribution in [2.45, 2.75) is 24.9 Å². The van der Waals surface area contributed by atoms with E-state index in [1.54, 1.807) is 13.8 Å². The van der Waals surface area contributed by atoms with Gasteiger partial charge in [0.1, 0.15) is 0 Å². The lowest BCUT2D eigenvalue weighted by Crippen LogP contribution is -2.40. The Labute approximate surface area is 139 Å². The fourth-order valence-electron chi connectivity index (χ4n) is 1.89. The lowest BCUT2D eigenvalue weighted by molar-refractivity contribution is -0.137. The highest BCUT2D eigenvalue weighted by molar-refractivity contribution is 7.89. The summed E-state index contributed by atoms with van der Waals surface area (Å²) in [5.41, 5.74) is -0.347. The zero-order valence-electron chi connectivity index (χ0n) is 13.4. The molecule has 0 radical (unpaired) electrons. The number of amides is 1. The first-order valence-corrected chi connectivity index (χ1v) is 8.54. The number of hydrogen-bond acceptors (Lipinski definition) is 3. The van der Waals surface area contributed by atoms with Gasteiger partial charge in [-0.2, -0.15) is 13.2 Å². The van der Waals surface area contributed by atoms with E-state index in [2.05, 4.69) is 6.58 Å². The first-order valence-electron chi connectivity index (χ1n) is 7.06. The number of carbonyl (C=O) groups is 1. The summed E-state index contributed by atoms with van der Waals surface area (Å²) in [7, 11) is -4.23. The Morgan fingerprint density at radius 3 is 2.46 bits per heavy atom. The predicted molar refractivity (Wildman–Crippen MR) is 83.7 cm³/mol. The molecule has 0 saturated carbocycles. The second-order valence-corrected chi connectivity index (χ2v) is 6.98. The van der Waals surface area contributed by atoms with E-state index in [0.29, 0.717) is 12.6 Å². The fraction of sp³-hybridized carbons (Fsp3) is 0.400. The van der Waals surface area contributed by atoms with Gasteiger partial charge in [-0.05, 0) is 32.0 Å². The smallest absolute Gasteiger partial charge is 0.338 e. The Morgan fingerprint density at radius 1 is 1.33 bits per heavy atom. The van der Waals surface area contributed by atoms with E-state index >= 15 is 0 Å². The summed E-state index contributed by atoms with van der Waals surface area (Å²) in [5.74, 6) is -0.490. The van der Waals surface area contributed by atoms with E-state index in [1.165, 1.54) is 4.90 Å². The van der Waals surface area contributed by atoms with Crippen LogP contribution in [0.2, 0.25) is 0 Å². The van der Waals surface area contributed by atoms with Gasteiger partial charge in [0.25, 0.3) is 0 Å². The summed E-state index contributed by atoms with van der Waals surface area (Å²) in [4.78, 5) is 12.8. The molecule has 1 N–H and O–H groups in total. The molecular formula is C15H19F3N2O3S. The van der Waals surface area contributed by atoms with Gasteiger partial charge in [-0.3, -0.25) is 4.79 Å². The van der Waals surface area contributed by atoms with Gasteiger partial charge in [-0.1, -0.05) is 18.2 Å². The predicted octanol–water partition coefficient (Wildman–Crippen LogP) is 2.41. The Morgan fingerprint density at radius 2 is 1.96 bits per heavy atom. The second kappa shape index (κ2) is 7.80. The van der Waals surface area contributed by atoms with Crippen molar-refractivity contribution >= 4 is 15.9 Å². The van der Waals surface area contributed by atoms with E-state index in [-0.39, 0.29) is 6.54 Å². The van der Waals surface area contributed by atoms with Crippen LogP contribution in [-0.2, 0) is 21.0 Å². The molecule has 0 fully saturated rings. The fourth-order valence-corrected chi connectivity index (χ4v) is 2.91. The molecule has 0 aliphatic rings. The number of likely N-dealkylation sites (N-methyl/N-ethyl adjacent to an activating group) is 1. The van der Waals surface area contributed by atoms with Crippen molar-refractivity contribution in [1.82, 2.24) is 9.62 Å². The molecule has 0 saturated heterocycles. The molecule has 0 aromatic heterocycles. The first-order chi connectivity index (χ1) is 11.0. The Hall–Kier alpha value is -1.87. The minimum atomic E-state index is -4.65. The van der Waals surface area contributed by atoms with Crippen molar-refractivity contribution in [2.24, 2.45) is 0 Å². The molecule has 1 aromatic rings. The molecule has 1 rings (SSSR count). The third-order valence-corrected chi connectivity index (χ3v) is 4.48. The second-order valence-electron chi connectivity index (χ2n) is 5.22. The normalized spacial score (nSPS) is 12.0. The number of hydrogen-bond donors (Lipinski definition) is 1. The van der Waals surface area contributed by atoms with Crippen LogP contribution in [0, 0.1) is 0 Å². The van der Waals surface area contributed by atoms with Gasteiger partial charge in [0.2, 0.25) is 15.9 Å². The minimum absolute atomic E-state index is 0.278. The Bertz CT molecular complexity index is 715. The summed E-state index contributed by atoms with van der Waals surface area (Å²) in [6.07, 6.45) is -4.65. The van der Waals surface area contributed by atoms with Crippen LogP contribution in [0.25, 0.3) is 0 Å². The SMILES string of the molecule is C=C(C)CN(CC)C(=O)CNS(=O)(=O)c1cccc(C(F)(F)F)c1. The van der Waals surface area contributed by atoms with Crippen molar-refractivity contribution in [3.63, 3.8) is 0 Å². The van der Waals surface area contributed by atoms with Gasteiger partial charge < -0.3 is 4.90 Å². The maximum Gasteiger partial charge on any atom is 0.416 e. The highest BCUT2D eigenvalue weighted by Gasteiger charge is 2.31. The number of rotatable bonds is 7. The van der Waals surface area contributed by atoms with E-state index in [9.17, 15) is 26.4 Å². The highest BCUT2D eigenvalue weighted by atomic mass is 32.2. The molecule has 0 heterocycles. The van der Waals surface area contributed by atoms with Gasteiger partial charge in [0.05, 0.1) is 17.0 Å². The molecule has 9 heteroatoms. The zero-order chi connectivity index (χ0) is 18.5. The van der Waals surface area contributed by atoms with Crippen LogP contribution in [0.3, 0.4) is 0 Å². The molecule has 1 amide bonds. The number of halogens is 3. The van der Waals surface area contributed by atoms with Crippen molar-refractivity contribution in [3.8, 4) is 0 Å². The molecule has 0 aliphatic heterocycles. The molecule has 1 aromatic carbocycles. The minimum Gasteiger partial charge on any atom is -0.338 e. The maximum atomic E-state index is 12.7. The summed E-state index contributed by atoms with van der Waals surface area (Å²) < 4.78 is 64.2.